The molecule has 3 aliphatic carbocycles. The molecule has 1 saturated heterocycles. The SMILES string of the molecule is O=C1C2[C@H](C(=O)N1c1cccc(Cl)c1)C1c3ccccc3C2(C(=O)O)c2ccccc21. The Hall–Kier alpha value is -3.44. The first-order valence-electron chi connectivity index (χ1n) is 10.0. The maximum Gasteiger partial charge on any atom is 0.319 e. The lowest BCUT2D eigenvalue weighted by molar-refractivity contribution is -0.149. The van der Waals surface area contributed by atoms with Gasteiger partial charge in [0.05, 0.1) is 17.5 Å². The molecule has 1 unspecified atom stereocenters. The van der Waals surface area contributed by atoms with Gasteiger partial charge in [-0.15, -0.1) is 0 Å². The Morgan fingerprint density at radius 1 is 0.871 bits per heavy atom. The van der Waals surface area contributed by atoms with Crippen molar-refractivity contribution in [3.63, 3.8) is 0 Å². The Balaban J connectivity index is 1.68. The fraction of sp³-hybridized carbons (Fsp3) is 0.160. The number of anilines is 1. The summed E-state index contributed by atoms with van der Waals surface area (Å²) in [6.45, 7) is 0. The van der Waals surface area contributed by atoms with E-state index in [2.05, 4.69) is 0 Å². The first-order chi connectivity index (χ1) is 15.0. The van der Waals surface area contributed by atoms with E-state index in [-0.39, 0.29) is 11.8 Å². The van der Waals surface area contributed by atoms with Crippen LogP contribution in [0.3, 0.4) is 0 Å². The highest BCUT2D eigenvalue weighted by atomic mass is 35.5. The summed E-state index contributed by atoms with van der Waals surface area (Å²) in [5.74, 6) is -4.17. The first-order valence-corrected chi connectivity index (χ1v) is 10.4. The number of carbonyl (C=O) groups is 3. The van der Waals surface area contributed by atoms with E-state index in [1.165, 1.54) is 0 Å². The van der Waals surface area contributed by atoms with Gasteiger partial charge in [0, 0.05) is 10.9 Å². The van der Waals surface area contributed by atoms with Crippen molar-refractivity contribution < 1.29 is 19.5 Å². The van der Waals surface area contributed by atoms with Gasteiger partial charge in [0.15, 0.2) is 0 Å². The zero-order chi connectivity index (χ0) is 21.5. The molecule has 0 saturated carbocycles. The summed E-state index contributed by atoms with van der Waals surface area (Å²) in [5.41, 5.74) is 1.55. The van der Waals surface area contributed by atoms with Gasteiger partial charge >= 0.3 is 5.97 Å². The monoisotopic (exact) mass is 429 g/mol. The molecule has 7 rings (SSSR count). The van der Waals surface area contributed by atoms with Crippen molar-refractivity contribution in [3.05, 3.63) is 100 Å². The number of nitrogens with zero attached hydrogens (tertiary/aromatic N) is 1. The molecule has 152 valence electrons. The minimum Gasteiger partial charge on any atom is -0.480 e. The number of amides is 2. The van der Waals surface area contributed by atoms with E-state index in [1.807, 2.05) is 24.3 Å². The van der Waals surface area contributed by atoms with E-state index in [1.54, 1.807) is 48.5 Å². The molecule has 1 fully saturated rings. The second-order valence-electron chi connectivity index (χ2n) is 8.26. The summed E-state index contributed by atoms with van der Waals surface area (Å²) in [5, 5.41) is 11.1. The Labute approximate surface area is 182 Å². The number of rotatable bonds is 2. The van der Waals surface area contributed by atoms with Gasteiger partial charge in [-0.2, -0.15) is 0 Å². The highest BCUT2D eigenvalue weighted by Crippen LogP contribution is 2.64. The van der Waals surface area contributed by atoms with Crippen LogP contribution in [0.15, 0.2) is 72.8 Å². The van der Waals surface area contributed by atoms with Crippen molar-refractivity contribution in [2.45, 2.75) is 11.3 Å². The van der Waals surface area contributed by atoms with E-state index in [4.69, 9.17) is 11.6 Å². The second-order valence-corrected chi connectivity index (χ2v) is 8.70. The predicted octanol–water partition coefficient (Wildman–Crippen LogP) is 3.98. The van der Waals surface area contributed by atoms with E-state index in [0.29, 0.717) is 21.8 Å². The van der Waals surface area contributed by atoms with Crippen molar-refractivity contribution in [1.29, 1.82) is 0 Å². The number of carboxylic acid groups (broad SMARTS) is 1. The van der Waals surface area contributed by atoms with Gasteiger partial charge in [-0.05, 0) is 40.5 Å². The Bertz CT molecular complexity index is 1270. The topological polar surface area (TPSA) is 74.7 Å². The third-order valence-corrected chi connectivity index (χ3v) is 7.26. The molecular formula is C25H16ClNO4. The number of imide groups is 1. The average molecular weight is 430 g/mol. The third-order valence-electron chi connectivity index (χ3n) is 7.02. The summed E-state index contributed by atoms with van der Waals surface area (Å²) in [6.07, 6.45) is 0. The average Bonchev–Trinajstić information content (AvgIpc) is 3.04. The van der Waals surface area contributed by atoms with E-state index in [9.17, 15) is 19.5 Å². The highest BCUT2D eigenvalue weighted by Gasteiger charge is 2.71. The van der Waals surface area contributed by atoms with Gasteiger partial charge in [-0.25, -0.2) is 4.90 Å². The third kappa shape index (κ3) is 2.04. The van der Waals surface area contributed by atoms with Crippen molar-refractivity contribution >= 4 is 35.1 Å². The maximum absolute atomic E-state index is 13.8. The van der Waals surface area contributed by atoms with E-state index in [0.717, 1.165) is 16.0 Å². The Kier molecular flexibility index (Phi) is 3.58. The van der Waals surface area contributed by atoms with Crippen LogP contribution in [0.5, 0.6) is 0 Å². The molecule has 1 heterocycles. The molecule has 4 aliphatic rings. The van der Waals surface area contributed by atoms with Crippen molar-refractivity contribution in [2.75, 3.05) is 4.90 Å². The normalized spacial score (nSPS) is 27.6. The van der Waals surface area contributed by atoms with Gasteiger partial charge in [0.25, 0.3) is 0 Å². The quantitative estimate of drug-likeness (QED) is 0.625. The summed E-state index contributed by atoms with van der Waals surface area (Å²) in [4.78, 5) is 41.7. The molecule has 3 aromatic carbocycles. The number of aliphatic carboxylic acids is 1. The molecule has 0 spiro atoms. The van der Waals surface area contributed by atoms with Crippen LogP contribution in [-0.2, 0) is 19.8 Å². The van der Waals surface area contributed by atoms with Crippen LogP contribution in [-0.4, -0.2) is 22.9 Å². The van der Waals surface area contributed by atoms with Gasteiger partial charge in [-0.3, -0.25) is 14.4 Å². The second kappa shape index (κ2) is 6.05. The fourth-order valence-electron chi connectivity index (χ4n) is 6.00. The molecule has 1 N–H and O–H groups in total. The fourth-order valence-corrected chi connectivity index (χ4v) is 6.19. The smallest absolute Gasteiger partial charge is 0.319 e. The van der Waals surface area contributed by atoms with Crippen molar-refractivity contribution in [1.82, 2.24) is 0 Å². The van der Waals surface area contributed by atoms with Crippen molar-refractivity contribution in [2.24, 2.45) is 11.8 Å². The van der Waals surface area contributed by atoms with Crippen LogP contribution in [0.4, 0.5) is 5.69 Å². The molecule has 0 radical (unpaired) electrons. The molecule has 0 aromatic heterocycles. The first kappa shape index (κ1) is 18.3. The van der Waals surface area contributed by atoms with Crippen molar-refractivity contribution in [3.8, 4) is 0 Å². The number of halogens is 1. The Morgan fingerprint density at radius 2 is 1.48 bits per heavy atom. The minimum atomic E-state index is -1.62. The highest BCUT2D eigenvalue weighted by molar-refractivity contribution is 6.31. The standard InChI is InChI=1S/C25H16ClNO4/c26-13-6-5-7-14(12-13)27-22(28)20-19-15-8-1-3-10-17(15)25(24(30)31,21(20)23(27)29)18-11-4-2-9-16(18)19/h1-12,19-21H,(H,30,31)/t19?,20-,21?,25?/m1/s1. The molecule has 2 bridgehead atoms. The zero-order valence-electron chi connectivity index (χ0n) is 16.2. The summed E-state index contributed by atoms with van der Waals surface area (Å²) < 4.78 is 0. The molecule has 31 heavy (non-hydrogen) atoms. The van der Waals surface area contributed by atoms with Crippen LogP contribution in [0.1, 0.15) is 28.2 Å². The van der Waals surface area contributed by atoms with Gasteiger partial charge in [-0.1, -0.05) is 66.2 Å². The number of hydrogen-bond acceptors (Lipinski definition) is 3. The van der Waals surface area contributed by atoms with Crippen LogP contribution in [0.25, 0.3) is 0 Å². The zero-order valence-corrected chi connectivity index (χ0v) is 16.9. The summed E-state index contributed by atoms with van der Waals surface area (Å²) in [7, 11) is 0. The van der Waals surface area contributed by atoms with Gasteiger partial charge < -0.3 is 5.11 Å². The predicted molar refractivity (Wildman–Crippen MR) is 114 cm³/mol. The maximum atomic E-state index is 13.8. The number of carboxylic acids is 1. The largest absolute Gasteiger partial charge is 0.480 e. The number of hydrogen-bond donors (Lipinski definition) is 1. The number of benzene rings is 3. The van der Waals surface area contributed by atoms with Crippen LogP contribution in [0.2, 0.25) is 5.02 Å². The lowest BCUT2D eigenvalue weighted by Gasteiger charge is -2.51. The lowest BCUT2D eigenvalue weighted by atomic mass is 9.47. The molecule has 6 heteroatoms. The Morgan fingerprint density at radius 3 is 2.06 bits per heavy atom. The van der Waals surface area contributed by atoms with Crippen LogP contribution < -0.4 is 4.90 Å². The molecular weight excluding hydrogens is 414 g/mol. The summed E-state index contributed by atoms with van der Waals surface area (Å²) in [6, 6.07) is 21.1. The van der Waals surface area contributed by atoms with Crippen LogP contribution in [0, 0.1) is 11.8 Å². The molecule has 2 amide bonds. The van der Waals surface area contributed by atoms with Gasteiger partial charge in [0.1, 0.15) is 5.41 Å². The van der Waals surface area contributed by atoms with E-state index >= 15 is 0 Å². The lowest BCUT2D eigenvalue weighted by Crippen LogP contribution is -2.57. The van der Waals surface area contributed by atoms with Crippen LogP contribution >= 0.6 is 11.6 Å². The molecule has 2 atom stereocenters. The van der Waals surface area contributed by atoms with E-state index < -0.39 is 29.1 Å². The molecule has 1 aliphatic heterocycles. The molecule has 5 nitrogen and oxygen atoms in total. The van der Waals surface area contributed by atoms with Gasteiger partial charge in [0.2, 0.25) is 11.8 Å². The minimum absolute atomic E-state index is 0.366. The summed E-state index contributed by atoms with van der Waals surface area (Å²) >= 11 is 6.12. The molecule has 3 aromatic rings. The number of carbonyl (C=O) groups excluding carboxylic acids is 2.